The van der Waals surface area contributed by atoms with E-state index in [-0.39, 0.29) is 11.9 Å². The fourth-order valence-electron chi connectivity index (χ4n) is 1.24. The number of nitrogens with zero attached hydrogens (tertiary/aromatic N) is 1. The molecule has 1 aromatic rings. The van der Waals surface area contributed by atoms with Crippen molar-refractivity contribution in [3.8, 4) is 0 Å². The van der Waals surface area contributed by atoms with Crippen molar-refractivity contribution in [1.29, 1.82) is 0 Å². The molecule has 1 unspecified atom stereocenters. The van der Waals surface area contributed by atoms with Crippen molar-refractivity contribution in [1.82, 2.24) is 10.3 Å². The largest absolute Gasteiger partial charge is 0.304 e. The second-order valence-electron chi connectivity index (χ2n) is 3.04. The third kappa shape index (κ3) is 3.17. The molecule has 1 saturated heterocycles. The van der Waals surface area contributed by atoms with Gasteiger partial charge in [0.2, 0.25) is 5.91 Å². The summed E-state index contributed by atoms with van der Waals surface area (Å²) in [5.74, 6) is 1.91. The number of hydrogen-bond acceptors (Lipinski definition) is 5. The summed E-state index contributed by atoms with van der Waals surface area (Å²) in [5, 5.41) is 6.62. The molecule has 1 atom stereocenters. The highest BCUT2D eigenvalue weighted by Gasteiger charge is 2.21. The molecule has 1 aromatic heterocycles. The molecule has 0 bridgehead atoms. The maximum Gasteiger partial charge on any atom is 0.244 e. The summed E-state index contributed by atoms with van der Waals surface area (Å²) < 4.78 is 0.920. The quantitative estimate of drug-likeness (QED) is 0.870. The Balaban J connectivity index is 1.91. The smallest absolute Gasteiger partial charge is 0.244 e. The minimum Gasteiger partial charge on any atom is -0.304 e. The van der Waals surface area contributed by atoms with E-state index in [4.69, 9.17) is 0 Å². The number of aromatic nitrogens is 1. The van der Waals surface area contributed by atoms with Gasteiger partial charge in [0.1, 0.15) is 0 Å². The van der Waals surface area contributed by atoms with E-state index in [1.807, 2.05) is 0 Å². The first-order chi connectivity index (χ1) is 7.25. The van der Waals surface area contributed by atoms with E-state index in [1.165, 1.54) is 11.3 Å². The van der Waals surface area contributed by atoms with Crippen molar-refractivity contribution < 1.29 is 4.79 Å². The molecule has 2 N–H and O–H groups in total. The highest BCUT2D eigenvalue weighted by Crippen LogP contribution is 2.23. The van der Waals surface area contributed by atoms with Crippen LogP contribution in [0.4, 0.5) is 5.13 Å². The number of thiazole rings is 1. The molecule has 0 aromatic carbocycles. The molecular formula is C8H10BrN3OS2. The van der Waals surface area contributed by atoms with Gasteiger partial charge in [-0.2, -0.15) is 11.8 Å². The Morgan fingerprint density at radius 3 is 3.20 bits per heavy atom. The number of amides is 1. The number of hydrogen-bond donors (Lipinski definition) is 2. The molecule has 1 aliphatic rings. The van der Waals surface area contributed by atoms with Gasteiger partial charge < -0.3 is 10.6 Å². The lowest BCUT2D eigenvalue weighted by atomic mass is 10.3. The average Bonchev–Trinajstić information content (AvgIpc) is 2.65. The molecule has 15 heavy (non-hydrogen) atoms. The van der Waals surface area contributed by atoms with Crippen LogP contribution < -0.4 is 10.6 Å². The first kappa shape index (κ1) is 11.4. The van der Waals surface area contributed by atoms with Crippen LogP contribution in [-0.4, -0.2) is 35.0 Å². The molecule has 0 radical (unpaired) electrons. The van der Waals surface area contributed by atoms with Gasteiger partial charge in [-0.25, -0.2) is 4.98 Å². The topological polar surface area (TPSA) is 54.0 Å². The number of thioether (sulfide) groups is 1. The number of rotatable bonds is 2. The molecule has 7 heteroatoms. The highest BCUT2D eigenvalue weighted by atomic mass is 79.9. The Bertz CT molecular complexity index is 351. The predicted octanol–water partition coefficient (Wildman–Crippen LogP) is 1.55. The molecule has 2 rings (SSSR count). The van der Waals surface area contributed by atoms with Crippen molar-refractivity contribution in [2.24, 2.45) is 0 Å². The summed E-state index contributed by atoms with van der Waals surface area (Å²) in [6.07, 6.45) is 1.68. The Morgan fingerprint density at radius 2 is 2.60 bits per heavy atom. The number of carbonyl (C=O) groups is 1. The lowest BCUT2D eigenvalue weighted by molar-refractivity contribution is -0.117. The molecule has 82 valence electrons. The van der Waals surface area contributed by atoms with E-state index < -0.39 is 0 Å². The number of anilines is 1. The zero-order valence-corrected chi connectivity index (χ0v) is 11.0. The van der Waals surface area contributed by atoms with Gasteiger partial charge in [0.15, 0.2) is 5.13 Å². The summed E-state index contributed by atoms with van der Waals surface area (Å²) in [6.45, 7) is 0.893. The summed E-state index contributed by atoms with van der Waals surface area (Å²) >= 11 is 6.52. The molecular weight excluding hydrogens is 298 g/mol. The fraction of sp³-hybridized carbons (Fsp3) is 0.500. The number of carbonyl (C=O) groups excluding carboxylic acids is 1. The second kappa shape index (κ2) is 5.29. The van der Waals surface area contributed by atoms with E-state index in [0.29, 0.717) is 5.13 Å². The van der Waals surface area contributed by atoms with Crippen LogP contribution in [0, 0.1) is 0 Å². The minimum absolute atomic E-state index is 0.00375. The Hall–Kier alpha value is -0.110. The monoisotopic (exact) mass is 307 g/mol. The Morgan fingerprint density at radius 1 is 1.73 bits per heavy atom. The van der Waals surface area contributed by atoms with Gasteiger partial charge in [-0.15, -0.1) is 0 Å². The van der Waals surface area contributed by atoms with Crippen molar-refractivity contribution in [3.05, 3.63) is 9.98 Å². The van der Waals surface area contributed by atoms with Crippen molar-refractivity contribution in [2.75, 3.05) is 23.4 Å². The second-order valence-corrected chi connectivity index (χ2v) is 6.60. The summed E-state index contributed by atoms with van der Waals surface area (Å²) in [5.41, 5.74) is 0. The van der Waals surface area contributed by atoms with E-state index in [1.54, 1.807) is 18.0 Å². The molecule has 0 spiro atoms. The van der Waals surface area contributed by atoms with Crippen LogP contribution in [0.1, 0.15) is 0 Å². The van der Waals surface area contributed by atoms with Crippen molar-refractivity contribution in [3.63, 3.8) is 0 Å². The van der Waals surface area contributed by atoms with Crippen LogP contribution in [0.5, 0.6) is 0 Å². The van der Waals surface area contributed by atoms with E-state index in [2.05, 4.69) is 31.5 Å². The van der Waals surface area contributed by atoms with Crippen LogP contribution in [0.3, 0.4) is 0 Å². The first-order valence-corrected chi connectivity index (χ1v) is 7.25. The first-order valence-electron chi connectivity index (χ1n) is 4.49. The average molecular weight is 308 g/mol. The van der Waals surface area contributed by atoms with Crippen LogP contribution in [0.2, 0.25) is 0 Å². The molecule has 0 aliphatic carbocycles. The van der Waals surface area contributed by atoms with Gasteiger partial charge in [-0.3, -0.25) is 4.79 Å². The Labute approximate surface area is 104 Å². The van der Waals surface area contributed by atoms with Crippen molar-refractivity contribution in [2.45, 2.75) is 6.04 Å². The van der Waals surface area contributed by atoms with Gasteiger partial charge in [0, 0.05) is 18.1 Å². The highest BCUT2D eigenvalue weighted by molar-refractivity contribution is 9.11. The molecule has 2 heterocycles. The van der Waals surface area contributed by atoms with Crippen LogP contribution in [0.25, 0.3) is 0 Å². The van der Waals surface area contributed by atoms with E-state index in [0.717, 1.165) is 21.8 Å². The lowest BCUT2D eigenvalue weighted by Gasteiger charge is -2.21. The minimum atomic E-state index is -0.0913. The van der Waals surface area contributed by atoms with Gasteiger partial charge in [-0.05, 0) is 15.9 Å². The zero-order chi connectivity index (χ0) is 10.7. The van der Waals surface area contributed by atoms with Gasteiger partial charge in [0.05, 0.1) is 16.0 Å². The fourth-order valence-corrected chi connectivity index (χ4v) is 3.28. The summed E-state index contributed by atoms with van der Waals surface area (Å²) in [7, 11) is 0. The van der Waals surface area contributed by atoms with Gasteiger partial charge in [-0.1, -0.05) is 11.3 Å². The summed E-state index contributed by atoms with van der Waals surface area (Å²) in [6, 6.07) is -0.0913. The van der Waals surface area contributed by atoms with Crippen LogP contribution in [0.15, 0.2) is 9.98 Å². The number of nitrogens with one attached hydrogen (secondary N) is 2. The Kier molecular flexibility index (Phi) is 4.01. The van der Waals surface area contributed by atoms with E-state index >= 15 is 0 Å². The predicted molar refractivity (Wildman–Crippen MR) is 67.6 cm³/mol. The van der Waals surface area contributed by atoms with E-state index in [9.17, 15) is 4.79 Å². The van der Waals surface area contributed by atoms with Gasteiger partial charge in [0.25, 0.3) is 0 Å². The zero-order valence-electron chi connectivity index (χ0n) is 7.83. The maximum absolute atomic E-state index is 11.7. The molecule has 4 nitrogen and oxygen atoms in total. The number of halogens is 1. The lowest BCUT2D eigenvalue weighted by Crippen LogP contribution is -2.46. The molecule has 1 aliphatic heterocycles. The van der Waals surface area contributed by atoms with Gasteiger partial charge >= 0.3 is 0 Å². The standard InChI is InChI=1S/C8H10BrN3OS2/c9-6-3-11-8(15-6)12-7(13)5-4-14-2-1-10-5/h3,5,10H,1-2,4H2,(H,11,12,13). The molecule has 1 amide bonds. The normalized spacial score (nSPS) is 21.3. The molecule has 1 fully saturated rings. The third-order valence-electron chi connectivity index (χ3n) is 1.95. The molecule has 0 saturated carbocycles. The van der Waals surface area contributed by atoms with Crippen LogP contribution in [-0.2, 0) is 4.79 Å². The van der Waals surface area contributed by atoms with Crippen molar-refractivity contribution >= 4 is 50.1 Å². The summed E-state index contributed by atoms with van der Waals surface area (Å²) in [4.78, 5) is 15.8. The maximum atomic E-state index is 11.7. The van der Waals surface area contributed by atoms with Crippen LogP contribution >= 0.6 is 39.0 Å². The SMILES string of the molecule is O=C(Nc1ncc(Br)s1)C1CSCCN1. The third-order valence-corrected chi connectivity index (χ3v) is 4.40.